The van der Waals surface area contributed by atoms with Crippen molar-refractivity contribution in [2.75, 3.05) is 13.2 Å². The van der Waals surface area contributed by atoms with Crippen LogP contribution in [0, 0.1) is 5.82 Å². The number of hydrogen-bond donors (Lipinski definition) is 1. The van der Waals surface area contributed by atoms with Crippen LogP contribution in [0.25, 0.3) is 0 Å². The largest absolute Gasteiger partial charge is 0.492 e. The minimum atomic E-state index is -0.370. The van der Waals surface area contributed by atoms with Crippen molar-refractivity contribution in [3.63, 3.8) is 0 Å². The van der Waals surface area contributed by atoms with Crippen LogP contribution < -0.4 is 10.1 Å². The maximum absolute atomic E-state index is 13.4. The molecule has 0 unspecified atom stereocenters. The van der Waals surface area contributed by atoms with Crippen LogP contribution in [0.5, 0.6) is 5.75 Å². The van der Waals surface area contributed by atoms with Gasteiger partial charge in [0.05, 0.1) is 13.0 Å². The molecule has 2 aromatic rings. The van der Waals surface area contributed by atoms with Gasteiger partial charge in [0.25, 0.3) is 0 Å². The molecule has 2 aromatic carbocycles. The van der Waals surface area contributed by atoms with Crippen molar-refractivity contribution in [2.24, 2.45) is 0 Å². The molecule has 3 nitrogen and oxygen atoms in total. The number of hydrogen-bond acceptors (Lipinski definition) is 2. The van der Waals surface area contributed by atoms with E-state index in [0.29, 0.717) is 29.5 Å². The Morgan fingerprint density at radius 3 is 2.57 bits per heavy atom. The molecule has 1 N–H and O–H groups in total. The van der Waals surface area contributed by atoms with E-state index in [1.165, 1.54) is 6.07 Å². The van der Waals surface area contributed by atoms with Gasteiger partial charge in [0, 0.05) is 5.02 Å². The van der Waals surface area contributed by atoms with Crippen LogP contribution >= 0.6 is 11.6 Å². The smallest absolute Gasteiger partial charge is 0.224 e. The molecule has 1 amide bonds. The molecular weight excluding hydrogens is 293 g/mol. The molecule has 0 atom stereocenters. The molecule has 0 aromatic heterocycles. The van der Waals surface area contributed by atoms with Crippen molar-refractivity contribution in [3.8, 4) is 5.75 Å². The number of amides is 1. The molecule has 5 heteroatoms. The Balaban J connectivity index is 1.70. The number of carbonyl (C=O) groups excluding carboxylic acids is 1. The van der Waals surface area contributed by atoms with Crippen LogP contribution in [0.2, 0.25) is 5.02 Å². The van der Waals surface area contributed by atoms with E-state index in [0.717, 1.165) is 0 Å². The summed E-state index contributed by atoms with van der Waals surface area (Å²) in [4.78, 5) is 11.7. The molecule has 0 spiro atoms. The van der Waals surface area contributed by atoms with Crippen molar-refractivity contribution in [1.29, 1.82) is 0 Å². The van der Waals surface area contributed by atoms with Crippen molar-refractivity contribution in [2.45, 2.75) is 6.42 Å². The van der Waals surface area contributed by atoms with E-state index in [9.17, 15) is 9.18 Å². The second-order valence-electron chi connectivity index (χ2n) is 4.42. The van der Waals surface area contributed by atoms with Crippen LogP contribution in [0.1, 0.15) is 5.56 Å². The van der Waals surface area contributed by atoms with Crippen molar-refractivity contribution < 1.29 is 13.9 Å². The molecular formula is C16H15ClFNO2. The maximum Gasteiger partial charge on any atom is 0.224 e. The van der Waals surface area contributed by atoms with Gasteiger partial charge in [0.1, 0.15) is 18.2 Å². The number of halogens is 2. The fraction of sp³-hybridized carbons (Fsp3) is 0.188. The Labute approximate surface area is 127 Å². The second kappa shape index (κ2) is 7.64. The number of rotatable bonds is 6. The number of benzene rings is 2. The Kier molecular flexibility index (Phi) is 5.58. The zero-order valence-electron chi connectivity index (χ0n) is 11.3. The van der Waals surface area contributed by atoms with Gasteiger partial charge in [-0.2, -0.15) is 0 Å². The van der Waals surface area contributed by atoms with E-state index in [1.54, 1.807) is 42.5 Å². The molecule has 0 aliphatic heterocycles. The van der Waals surface area contributed by atoms with Gasteiger partial charge < -0.3 is 10.1 Å². The summed E-state index contributed by atoms with van der Waals surface area (Å²) in [6, 6.07) is 13.2. The lowest BCUT2D eigenvalue weighted by atomic mass is 10.1. The van der Waals surface area contributed by atoms with Gasteiger partial charge in [-0.25, -0.2) is 4.39 Å². The van der Waals surface area contributed by atoms with Crippen LogP contribution in [0.15, 0.2) is 48.5 Å². The predicted molar refractivity (Wildman–Crippen MR) is 80.1 cm³/mol. The van der Waals surface area contributed by atoms with Gasteiger partial charge in [0.2, 0.25) is 5.91 Å². The van der Waals surface area contributed by atoms with E-state index in [4.69, 9.17) is 16.3 Å². The summed E-state index contributed by atoms with van der Waals surface area (Å²) < 4.78 is 18.8. The first-order valence-electron chi connectivity index (χ1n) is 6.53. The van der Waals surface area contributed by atoms with E-state index in [1.807, 2.05) is 0 Å². The Bertz CT molecular complexity index is 601. The van der Waals surface area contributed by atoms with Gasteiger partial charge in [0.15, 0.2) is 0 Å². The monoisotopic (exact) mass is 307 g/mol. The Morgan fingerprint density at radius 2 is 1.86 bits per heavy atom. The summed E-state index contributed by atoms with van der Waals surface area (Å²) in [5, 5.41) is 3.32. The highest BCUT2D eigenvalue weighted by atomic mass is 35.5. The Morgan fingerprint density at radius 1 is 1.14 bits per heavy atom. The fourth-order valence-electron chi connectivity index (χ4n) is 1.77. The molecule has 0 saturated carbocycles. The molecule has 2 rings (SSSR count). The number of nitrogens with one attached hydrogen (secondary N) is 1. The second-order valence-corrected chi connectivity index (χ2v) is 4.86. The SMILES string of the molecule is O=C(Cc1ccccc1F)NCCOc1ccc(Cl)cc1. The van der Waals surface area contributed by atoms with Gasteiger partial charge in [-0.1, -0.05) is 29.8 Å². The van der Waals surface area contributed by atoms with Crippen molar-refractivity contribution >= 4 is 17.5 Å². The van der Waals surface area contributed by atoms with E-state index in [2.05, 4.69) is 5.32 Å². The third kappa shape index (κ3) is 5.08. The first-order valence-corrected chi connectivity index (χ1v) is 6.91. The van der Waals surface area contributed by atoms with Crippen LogP contribution in [-0.4, -0.2) is 19.1 Å². The first kappa shape index (κ1) is 15.3. The highest BCUT2D eigenvalue weighted by molar-refractivity contribution is 6.30. The third-order valence-corrected chi connectivity index (χ3v) is 3.07. The molecule has 0 fully saturated rings. The normalized spacial score (nSPS) is 10.2. The lowest BCUT2D eigenvalue weighted by Gasteiger charge is -2.08. The molecule has 0 bridgehead atoms. The average Bonchev–Trinajstić information content (AvgIpc) is 2.48. The van der Waals surface area contributed by atoms with E-state index < -0.39 is 0 Å². The fourth-order valence-corrected chi connectivity index (χ4v) is 1.89. The van der Waals surface area contributed by atoms with Crippen molar-refractivity contribution in [1.82, 2.24) is 5.32 Å². The summed E-state index contributed by atoms with van der Waals surface area (Å²) in [5.74, 6) is 0.0765. The summed E-state index contributed by atoms with van der Waals surface area (Å²) in [6.45, 7) is 0.695. The molecule has 0 saturated heterocycles. The highest BCUT2D eigenvalue weighted by Gasteiger charge is 2.06. The molecule has 0 radical (unpaired) electrons. The van der Waals surface area contributed by atoms with E-state index >= 15 is 0 Å². The standard InChI is InChI=1S/C16H15ClFNO2/c17-13-5-7-14(8-6-13)21-10-9-19-16(20)11-12-3-1-2-4-15(12)18/h1-8H,9-11H2,(H,19,20). The average molecular weight is 308 g/mol. The zero-order chi connectivity index (χ0) is 15.1. The number of carbonyl (C=O) groups is 1. The summed E-state index contributed by atoms with van der Waals surface area (Å²) >= 11 is 5.76. The minimum absolute atomic E-state index is 0.0214. The quantitative estimate of drug-likeness (QED) is 0.832. The Hall–Kier alpha value is -2.07. The predicted octanol–water partition coefficient (Wildman–Crippen LogP) is 3.22. The minimum Gasteiger partial charge on any atom is -0.492 e. The maximum atomic E-state index is 13.4. The number of ether oxygens (including phenoxy) is 1. The lowest BCUT2D eigenvalue weighted by Crippen LogP contribution is -2.29. The van der Waals surface area contributed by atoms with Crippen LogP contribution in [0.3, 0.4) is 0 Å². The zero-order valence-corrected chi connectivity index (χ0v) is 12.1. The van der Waals surface area contributed by atoms with Gasteiger partial charge in [-0.3, -0.25) is 4.79 Å². The summed E-state index contributed by atoms with van der Waals surface area (Å²) in [6.07, 6.45) is 0.0214. The molecule has 0 aliphatic rings. The van der Waals surface area contributed by atoms with Gasteiger partial charge >= 0.3 is 0 Å². The summed E-state index contributed by atoms with van der Waals surface area (Å²) in [7, 11) is 0. The molecule has 0 aliphatic carbocycles. The summed E-state index contributed by atoms with van der Waals surface area (Å²) in [5.41, 5.74) is 0.383. The van der Waals surface area contributed by atoms with Crippen molar-refractivity contribution in [3.05, 3.63) is 64.9 Å². The van der Waals surface area contributed by atoms with Gasteiger partial charge in [-0.05, 0) is 35.9 Å². The topological polar surface area (TPSA) is 38.3 Å². The lowest BCUT2D eigenvalue weighted by molar-refractivity contribution is -0.120. The van der Waals surface area contributed by atoms with Gasteiger partial charge in [-0.15, -0.1) is 0 Å². The first-order chi connectivity index (χ1) is 10.1. The molecule has 0 heterocycles. The van der Waals surface area contributed by atoms with Crippen LogP contribution in [-0.2, 0) is 11.2 Å². The highest BCUT2D eigenvalue weighted by Crippen LogP contribution is 2.15. The van der Waals surface area contributed by atoms with E-state index in [-0.39, 0.29) is 18.1 Å². The molecule has 110 valence electrons. The van der Waals surface area contributed by atoms with Crippen LogP contribution in [0.4, 0.5) is 4.39 Å². The third-order valence-electron chi connectivity index (χ3n) is 2.82. The molecule has 21 heavy (non-hydrogen) atoms.